The first-order valence-corrected chi connectivity index (χ1v) is 12.5. The van der Waals surface area contributed by atoms with E-state index in [1.807, 2.05) is 26.8 Å². The standard InChI is InChI=1S/C26H27ClFNO5S/c1-5-32-25(31)23-22(21-17(30)10-26(3,4)11-19(21)34-24(23)29)20-8-14(13(2)35-20)12-33-18-7-6-15(28)9-16(18)27/h6-9,22H,5,10-12,29H2,1-4H3/t22-/m1/s1. The molecule has 35 heavy (non-hydrogen) atoms. The van der Waals surface area contributed by atoms with Gasteiger partial charge in [0.15, 0.2) is 5.78 Å². The Labute approximate surface area is 212 Å². The van der Waals surface area contributed by atoms with Crippen LogP contribution in [-0.2, 0) is 25.7 Å². The van der Waals surface area contributed by atoms with Gasteiger partial charge in [0, 0.05) is 33.7 Å². The Balaban J connectivity index is 1.73. The van der Waals surface area contributed by atoms with Gasteiger partial charge in [-0.2, -0.15) is 0 Å². The lowest BCUT2D eigenvalue weighted by Crippen LogP contribution is -2.35. The van der Waals surface area contributed by atoms with Crippen LogP contribution in [-0.4, -0.2) is 18.4 Å². The molecule has 2 aliphatic rings. The van der Waals surface area contributed by atoms with Crippen LogP contribution in [0.4, 0.5) is 4.39 Å². The van der Waals surface area contributed by atoms with Crippen LogP contribution in [0.2, 0.25) is 5.02 Å². The number of Topliss-reactive ketones (excluding diaryl/α,β-unsaturated/α-hetero) is 1. The molecule has 9 heteroatoms. The van der Waals surface area contributed by atoms with E-state index in [4.69, 9.17) is 31.5 Å². The molecule has 1 aliphatic carbocycles. The third-order valence-electron chi connectivity index (χ3n) is 6.05. The maximum absolute atomic E-state index is 13.4. The normalized spacial score (nSPS) is 19.4. The molecule has 0 amide bonds. The topological polar surface area (TPSA) is 87.9 Å². The second-order valence-corrected chi connectivity index (χ2v) is 11.1. The highest BCUT2D eigenvalue weighted by molar-refractivity contribution is 7.12. The molecule has 0 fully saturated rings. The zero-order valence-corrected chi connectivity index (χ0v) is 21.6. The van der Waals surface area contributed by atoms with Gasteiger partial charge in [0.1, 0.15) is 29.5 Å². The minimum absolute atomic E-state index is 0.0420. The highest BCUT2D eigenvalue weighted by atomic mass is 35.5. The Bertz CT molecular complexity index is 1260. The summed E-state index contributed by atoms with van der Waals surface area (Å²) in [7, 11) is 0. The first kappa shape index (κ1) is 25.3. The summed E-state index contributed by atoms with van der Waals surface area (Å²) in [5.41, 5.74) is 7.40. The van der Waals surface area contributed by atoms with Gasteiger partial charge in [-0.3, -0.25) is 4.79 Å². The van der Waals surface area contributed by atoms with Gasteiger partial charge in [0.05, 0.1) is 17.5 Å². The van der Waals surface area contributed by atoms with E-state index in [1.165, 1.54) is 29.5 Å². The van der Waals surface area contributed by atoms with Crippen LogP contribution >= 0.6 is 22.9 Å². The third-order valence-corrected chi connectivity index (χ3v) is 7.50. The first-order chi connectivity index (χ1) is 16.5. The lowest BCUT2D eigenvalue weighted by molar-refractivity contribution is -0.139. The molecule has 2 N–H and O–H groups in total. The number of ketones is 1. The number of hydrogen-bond acceptors (Lipinski definition) is 7. The number of carbonyl (C=O) groups excluding carboxylic acids is 2. The Hall–Kier alpha value is -2.84. The summed E-state index contributed by atoms with van der Waals surface area (Å²) in [6, 6.07) is 5.84. The fourth-order valence-electron chi connectivity index (χ4n) is 4.46. The van der Waals surface area contributed by atoms with E-state index in [2.05, 4.69) is 0 Å². The Morgan fingerprint density at radius 1 is 1.31 bits per heavy atom. The van der Waals surface area contributed by atoms with Crippen LogP contribution in [0, 0.1) is 18.2 Å². The van der Waals surface area contributed by atoms with Crippen molar-refractivity contribution < 1.29 is 28.2 Å². The molecule has 4 rings (SSSR count). The van der Waals surface area contributed by atoms with Gasteiger partial charge in [0.2, 0.25) is 5.88 Å². The molecule has 1 aromatic carbocycles. The number of thiophene rings is 1. The van der Waals surface area contributed by atoms with Crippen molar-refractivity contribution >= 4 is 34.7 Å². The van der Waals surface area contributed by atoms with Crippen LogP contribution < -0.4 is 10.5 Å². The van der Waals surface area contributed by atoms with Crippen molar-refractivity contribution in [2.75, 3.05) is 6.61 Å². The van der Waals surface area contributed by atoms with Gasteiger partial charge in [0.25, 0.3) is 0 Å². The van der Waals surface area contributed by atoms with E-state index in [0.29, 0.717) is 29.9 Å². The van der Waals surface area contributed by atoms with Crippen molar-refractivity contribution in [3.05, 3.63) is 73.2 Å². The van der Waals surface area contributed by atoms with E-state index in [0.717, 1.165) is 15.3 Å². The maximum atomic E-state index is 13.4. The van der Waals surface area contributed by atoms with Gasteiger partial charge >= 0.3 is 5.97 Å². The Morgan fingerprint density at radius 3 is 2.74 bits per heavy atom. The molecule has 0 saturated carbocycles. The van der Waals surface area contributed by atoms with E-state index in [1.54, 1.807) is 6.92 Å². The molecule has 0 bridgehead atoms. The van der Waals surface area contributed by atoms with Crippen molar-refractivity contribution in [1.29, 1.82) is 0 Å². The van der Waals surface area contributed by atoms with E-state index < -0.39 is 17.7 Å². The number of hydrogen-bond donors (Lipinski definition) is 1. The average Bonchev–Trinajstić information content (AvgIpc) is 3.11. The van der Waals surface area contributed by atoms with Crippen molar-refractivity contribution in [3.63, 3.8) is 0 Å². The predicted molar refractivity (Wildman–Crippen MR) is 132 cm³/mol. The molecule has 0 unspecified atom stereocenters. The minimum Gasteiger partial charge on any atom is -0.487 e. The van der Waals surface area contributed by atoms with Crippen molar-refractivity contribution in [1.82, 2.24) is 0 Å². The van der Waals surface area contributed by atoms with Gasteiger partial charge in [-0.1, -0.05) is 25.4 Å². The molecule has 6 nitrogen and oxygen atoms in total. The van der Waals surface area contributed by atoms with Gasteiger partial charge in [-0.05, 0) is 43.5 Å². The van der Waals surface area contributed by atoms with Crippen molar-refractivity contribution in [2.24, 2.45) is 11.1 Å². The molecule has 0 radical (unpaired) electrons. The highest BCUT2D eigenvalue weighted by Gasteiger charge is 2.45. The van der Waals surface area contributed by atoms with Crippen molar-refractivity contribution in [2.45, 2.75) is 53.1 Å². The smallest absolute Gasteiger partial charge is 0.340 e. The van der Waals surface area contributed by atoms with E-state index >= 15 is 0 Å². The second-order valence-electron chi connectivity index (χ2n) is 9.40. The summed E-state index contributed by atoms with van der Waals surface area (Å²) >= 11 is 7.54. The molecule has 1 aliphatic heterocycles. The lowest BCUT2D eigenvalue weighted by atomic mass is 9.71. The molecular weight excluding hydrogens is 493 g/mol. The molecule has 0 spiro atoms. The summed E-state index contributed by atoms with van der Waals surface area (Å²) in [4.78, 5) is 27.9. The summed E-state index contributed by atoms with van der Waals surface area (Å²) in [5, 5.41) is 0.174. The van der Waals surface area contributed by atoms with Crippen LogP contribution in [0.25, 0.3) is 0 Å². The van der Waals surface area contributed by atoms with Crippen LogP contribution in [0.15, 0.2) is 47.1 Å². The van der Waals surface area contributed by atoms with E-state index in [9.17, 15) is 14.0 Å². The molecular formula is C26H27ClFNO5S. The largest absolute Gasteiger partial charge is 0.487 e. The molecule has 186 valence electrons. The summed E-state index contributed by atoms with van der Waals surface area (Å²) in [5.74, 6) is -0.997. The third kappa shape index (κ3) is 5.09. The number of allylic oxidation sites excluding steroid dienone is 2. The summed E-state index contributed by atoms with van der Waals surface area (Å²) in [6.07, 6.45) is 0.871. The zero-order chi connectivity index (χ0) is 25.5. The lowest BCUT2D eigenvalue weighted by Gasteiger charge is -2.37. The fraction of sp³-hybridized carbons (Fsp3) is 0.385. The van der Waals surface area contributed by atoms with Gasteiger partial charge < -0.3 is 19.9 Å². The Kier molecular flexibility index (Phi) is 6.97. The highest BCUT2D eigenvalue weighted by Crippen LogP contribution is 2.50. The number of ether oxygens (including phenoxy) is 3. The quantitative estimate of drug-likeness (QED) is 0.477. The monoisotopic (exact) mass is 519 g/mol. The summed E-state index contributed by atoms with van der Waals surface area (Å²) < 4.78 is 30.3. The molecule has 2 aromatic rings. The number of aryl methyl sites for hydroxylation is 1. The molecule has 1 atom stereocenters. The number of rotatable bonds is 6. The number of esters is 1. The van der Waals surface area contributed by atoms with Gasteiger partial charge in [-0.25, -0.2) is 9.18 Å². The van der Waals surface area contributed by atoms with Crippen LogP contribution in [0.1, 0.15) is 54.8 Å². The van der Waals surface area contributed by atoms with Crippen LogP contribution in [0.5, 0.6) is 5.75 Å². The average molecular weight is 520 g/mol. The molecule has 0 saturated heterocycles. The first-order valence-electron chi connectivity index (χ1n) is 11.3. The minimum atomic E-state index is -0.687. The second kappa shape index (κ2) is 9.66. The Morgan fingerprint density at radius 2 is 2.06 bits per heavy atom. The fourth-order valence-corrected chi connectivity index (χ4v) is 5.83. The van der Waals surface area contributed by atoms with Crippen molar-refractivity contribution in [3.8, 4) is 5.75 Å². The van der Waals surface area contributed by atoms with E-state index in [-0.39, 0.29) is 40.9 Å². The SMILES string of the molecule is CCOC(=O)C1=C(N)OC2=C(C(=O)CC(C)(C)C2)[C@H]1c1cc(COc2ccc(F)cc2Cl)c(C)s1. The molecule has 1 aromatic heterocycles. The number of benzene rings is 1. The number of nitrogens with two attached hydrogens (primary N) is 1. The predicted octanol–water partition coefficient (Wildman–Crippen LogP) is 5.92. The maximum Gasteiger partial charge on any atom is 0.340 e. The molecule has 2 heterocycles. The number of halogens is 2. The number of carbonyl (C=O) groups is 2. The van der Waals surface area contributed by atoms with Gasteiger partial charge in [-0.15, -0.1) is 11.3 Å². The zero-order valence-electron chi connectivity index (χ0n) is 20.0. The van der Waals surface area contributed by atoms with Crippen LogP contribution in [0.3, 0.4) is 0 Å². The summed E-state index contributed by atoms with van der Waals surface area (Å²) in [6.45, 7) is 7.97.